The third-order valence-electron chi connectivity index (χ3n) is 4.90. The second-order valence-corrected chi connectivity index (χ2v) is 7.67. The van der Waals surface area contributed by atoms with Gasteiger partial charge in [-0.3, -0.25) is 24.2 Å². The van der Waals surface area contributed by atoms with E-state index in [0.29, 0.717) is 6.42 Å². The van der Waals surface area contributed by atoms with Crippen molar-refractivity contribution in [2.75, 3.05) is 13.2 Å². The number of carboxylic acids is 2. The fourth-order valence-electron chi connectivity index (χ4n) is 2.73. The van der Waals surface area contributed by atoms with Gasteiger partial charge in [0.1, 0.15) is 24.2 Å². The lowest BCUT2D eigenvalue weighted by Crippen LogP contribution is -2.58. The second-order valence-electron chi connectivity index (χ2n) is 7.67. The van der Waals surface area contributed by atoms with Crippen molar-refractivity contribution in [1.29, 1.82) is 0 Å². The maximum absolute atomic E-state index is 12.8. The fourth-order valence-corrected chi connectivity index (χ4v) is 2.73. The number of nitrogens with one attached hydrogen (secondary N) is 3. The van der Waals surface area contributed by atoms with Crippen LogP contribution in [-0.2, 0) is 24.0 Å². The summed E-state index contributed by atoms with van der Waals surface area (Å²) in [5, 5.41) is 34.3. The number of nitrogens with two attached hydrogens (primary N) is 3. The number of aliphatic carboxylic acids is 2. The van der Waals surface area contributed by atoms with Crippen LogP contribution in [0.3, 0.4) is 0 Å². The fraction of sp³-hybridized carbons (Fsp3) is 0.684. The molecule has 0 rings (SSSR count). The van der Waals surface area contributed by atoms with Gasteiger partial charge in [-0.15, -0.1) is 0 Å². The van der Waals surface area contributed by atoms with Crippen LogP contribution in [0.15, 0.2) is 4.99 Å². The van der Waals surface area contributed by atoms with Crippen molar-refractivity contribution in [2.45, 2.75) is 63.7 Å². The largest absolute Gasteiger partial charge is 0.481 e. The SMILES string of the molecule is CCC(C)C(NC(=O)C(CCCN=C(N)N)NC(=O)C(CC(=O)O)NC(=O)C(N)CO)C(=O)O. The molecule has 3 amide bonds. The normalized spacial score (nSPS) is 15.1. The molecular weight excluding hydrogens is 454 g/mol. The van der Waals surface area contributed by atoms with Crippen LogP contribution < -0.4 is 33.2 Å². The minimum Gasteiger partial charge on any atom is -0.481 e. The topological polar surface area (TPSA) is 273 Å². The number of rotatable bonds is 16. The zero-order valence-electron chi connectivity index (χ0n) is 19.2. The molecule has 0 aromatic heterocycles. The molecule has 5 atom stereocenters. The van der Waals surface area contributed by atoms with Crippen LogP contribution in [0.2, 0.25) is 0 Å². The number of amides is 3. The van der Waals surface area contributed by atoms with E-state index in [1.165, 1.54) is 0 Å². The molecule has 0 saturated carbocycles. The van der Waals surface area contributed by atoms with Gasteiger partial charge in [-0.2, -0.15) is 0 Å². The molecule has 0 aliphatic heterocycles. The Morgan fingerprint density at radius 1 is 0.941 bits per heavy atom. The highest BCUT2D eigenvalue weighted by atomic mass is 16.4. The Balaban J connectivity index is 5.65. The van der Waals surface area contributed by atoms with Crippen LogP contribution in [0.1, 0.15) is 39.5 Å². The zero-order chi connectivity index (χ0) is 26.4. The number of aliphatic imine (C=N–C) groups is 1. The predicted molar refractivity (Wildman–Crippen MR) is 120 cm³/mol. The van der Waals surface area contributed by atoms with Crippen molar-refractivity contribution in [2.24, 2.45) is 28.1 Å². The maximum atomic E-state index is 12.8. The molecule has 0 aliphatic carbocycles. The molecule has 34 heavy (non-hydrogen) atoms. The number of carbonyl (C=O) groups excluding carboxylic acids is 3. The lowest BCUT2D eigenvalue weighted by Gasteiger charge is -2.26. The first-order valence-corrected chi connectivity index (χ1v) is 10.6. The highest BCUT2D eigenvalue weighted by molar-refractivity contribution is 5.95. The zero-order valence-corrected chi connectivity index (χ0v) is 19.2. The number of hydrogen-bond donors (Lipinski definition) is 9. The molecule has 0 fully saturated rings. The third kappa shape index (κ3) is 11.4. The summed E-state index contributed by atoms with van der Waals surface area (Å²) in [7, 11) is 0. The van der Waals surface area contributed by atoms with E-state index in [1.807, 2.05) is 0 Å². The average molecular weight is 490 g/mol. The summed E-state index contributed by atoms with van der Waals surface area (Å²) >= 11 is 0. The van der Waals surface area contributed by atoms with E-state index in [1.54, 1.807) is 13.8 Å². The Morgan fingerprint density at radius 2 is 1.50 bits per heavy atom. The van der Waals surface area contributed by atoms with Crippen LogP contribution >= 0.6 is 0 Å². The van der Waals surface area contributed by atoms with Gasteiger partial charge in [0, 0.05) is 6.54 Å². The van der Waals surface area contributed by atoms with Crippen LogP contribution in [-0.4, -0.2) is 88.3 Å². The molecule has 15 nitrogen and oxygen atoms in total. The highest BCUT2D eigenvalue weighted by Gasteiger charge is 2.32. The molecule has 0 spiro atoms. The van der Waals surface area contributed by atoms with Crippen LogP contribution in [0.25, 0.3) is 0 Å². The summed E-state index contributed by atoms with van der Waals surface area (Å²) < 4.78 is 0. The standard InChI is InChI=1S/C19H35N7O8/c1-3-9(2)14(18(33)34)26-16(31)11(5-4-6-23-19(21)22)24-17(32)12(7-13(28)29)25-15(30)10(20)8-27/h9-12,14,27H,3-8,20H2,1-2H3,(H,24,32)(H,25,30)(H,26,31)(H,28,29)(H,33,34)(H4,21,22,23). The van der Waals surface area contributed by atoms with E-state index in [9.17, 15) is 29.1 Å². The van der Waals surface area contributed by atoms with Crippen molar-refractivity contribution in [3.8, 4) is 0 Å². The van der Waals surface area contributed by atoms with Crippen LogP contribution in [0, 0.1) is 5.92 Å². The molecule has 0 aliphatic rings. The van der Waals surface area contributed by atoms with Gasteiger partial charge in [-0.1, -0.05) is 20.3 Å². The number of guanidine groups is 1. The minimum atomic E-state index is -1.61. The summed E-state index contributed by atoms with van der Waals surface area (Å²) in [5.41, 5.74) is 15.9. The highest BCUT2D eigenvalue weighted by Crippen LogP contribution is 2.10. The first-order chi connectivity index (χ1) is 15.8. The van der Waals surface area contributed by atoms with Gasteiger partial charge >= 0.3 is 11.9 Å². The van der Waals surface area contributed by atoms with E-state index in [4.69, 9.17) is 27.4 Å². The summed E-state index contributed by atoms with van der Waals surface area (Å²) in [6.45, 7) is 2.75. The molecule has 12 N–H and O–H groups in total. The van der Waals surface area contributed by atoms with Crippen LogP contribution in [0.4, 0.5) is 0 Å². The Hall–Kier alpha value is -3.46. The number of hydrogen-bond acceptors (Lipinski definition) is 8. The quantitative estimate of drug-likeness (QED) is 0.0580. The Morgan fingerprint density at radius 3 is 1.97 bits per heavy atom. The smallest absolute Gasteiger partial charge is 0.326 e. The van der Waals surface area contributed by atoms with Gasteiger partial charge in [0.2, 0.25) is 17.7 Å². The lowest BCUT2D eigenvalue weighted by atomic mass is 9.98. The van der Waals surface area contributed by atoms with Crippen LogP contribution in [0.5, 0.6) is 0 Å². The molecule has 15 heteroatoms. The van der Waals surface area contributed by atoms with E-state index < -0.39 is 72.8 Å². The van der Waals surface area contributed by atoms with Crippen molar-refractivity contribution < 1.29 is 39.3 Å². The van der Waals surface area contributed by atoms with E-state index in [0.717, 1.165) is 0 Å². The van der Waals surface area contributed by atoms with Gasteiger partial charge in [-0.25, -0.2) is 4.79 Å². The molecule has 0 heterocycles. The van der Waals surface area contributed by atoms with Gasteiger partial charge in [0.25, 0.3) is 0 Å². The Bertz CT molecular complexity index is 757. The first-order valence-electron chi connectivity index (χ1n) is 10.6. The van der Waals surface area contributed by atoms with E-state index in [2.05, 4.69) is 20.9 Å². The summed E-state index contributed by atoms with van der Waals surface area (Å²) in [4.78, 5) is 64.0. The first kappa shape index (κ1) is 30.5. The molecule has 0 aromatic rings. The second kappa shape index (κ2) is 15.4. The molecule has 194 valence electrons. The summed E-state index contributed by atoms with van der Waals surface area (Å²) in [6.07, 6.45) is -0.187. The van der Waals surface area contributed by atoms with Gasteiger partial charge in [-0.05, 0) is 18.8 Å². The van der Waals surface area contributed by atoms with Crippen molar-refractivity contribution in [3.63, 3.8) is 0 Å². The van der Waals surface area contributed by atoms with E-state index in [-0.39, 0.29) is 25.3 Å². The van der Waals surface area contributed by atoms with Gasteiger partial charge in [0.05, 0.1) is 13.0 Å². The molecular formula is C19H35N7O8. The monoisotopic (exact) mass is 489 g/mol. The van der Waals surface area contributed by atoms with Gasteiger partial charge < -0.3 is 48.5 Å². The van der Waals surface area contributed by atoms with Crippen molar-refractivity contribution in [3.05, 3.63) is 0 Å². The lowest BCUT2D eigenvalue weighted by molar-refractivity contribution is -0.144. The molecule has 0 radical (unpaired) electrons. The maximum Gasteiger partial charge on any atom is 0.326 e. The minimum absolute atomic E-state index is 0.0227. The van der Waals surface area contributed by atoms with E-state index >= 15 is 0 Å². The number of aliphatic hydroxyl groups is 1. The number of carboxylic acid groups (broad SMARTS) is 2. The van der Waals surface area contributed by atoms with Gasteiger partial charge in [0.15, 0.2) is 5.96 Å². The van der Waals surface area contributed by atoms with Crippen molar-refractivity contribution in [1.82, 2.24) is 16.0 Å². The number of aliphatic hydroxyl groups excluding tert-OH is 1. The third-order valence-corrected chi connectivity index (χ3v) is 4.90. The van der Waals surface area contributed by atoms with Crippen molar-refractivity contribution >= 4 is 35.6 Å². The Labute approximate surface area is 196 Å². The Kier molecular flexibility index (Phi) is 13.8. The number of nitrogens with zero attached hydrogens (tertiary/aromatic N) is 1. The summed E-state index contributed by atoms with van der Waals surface area (Å²) in [6, 6.07) is -5.52. The summed E-state index contributed by atoms with van der Waals surface area (Å²) in [5.74, 6) is -6.09. The predicted octanol–water partition coefficient (Wildman–Crippen LogP) is -3.58. The number of carbonyl (C=O) groups is 5. The molecule has 0 bridgehead atoms. The molecule has 0 aromatic carbocycles. The molecule has 5 unspecified atom stereocenters. The molecule has 0 saturated heterocycles. The average Bonchev–Trinajstić information content (AvgIpc) is 2.76.